The Labute approximate surface area is 232 Å². The molecule has 0 saturated heterocycles. The molecule has 40 heavy (non-hydrogen) atoms. The molecule has 6 aromatic carbocycles. The van der Waals surface area contributed by atoms with Gasteiger partial charge in [0.1, 0.15) is 0 Å². The van der Waals surface area contributed by atoms with Gasteiger partial charge in [0.05, 0.1) is 30.8 Å². The SMILES string of the molecule is O=c1[nH]c2cc(-c3ccc(COCc4ccc5ccccc5c4)cc3)ccc2n1Cc1ccc2ccccc2c1. The molecule has 0 bridgehead atoms. The highest BCUT2D eigenvalue weighted by atomic mass is 16.5. The van der Waals surface area contributed by atoms with Crippen LogP contribution < -0.4 is 5.69 Å². The van der Waals surface area contributed by atoms with Crippen LogP contribution in [0.3, 0.4) is 0 Å². The zero-order chi connectivity index (χ0) is 26.9. The number of fused-ring (bicyclic) bond motifs is 3. The maximum atomic E-state index is 12.9. The van der Waals surface area contributed by atoms with Crippen LogP contribution >= 0.6 is 0 Å². The number of hydrogen-bond acceptors (Lipinski definition) is 2. The maximum absolute atomic E-state index is 12.9. The Hall–Kier alpha value is -4.93. The molecule has 0 radical (unpaired) electrons. The predicted molar refractivity (Wildman–Crippen MR) is 163 cm³/mol. The minimum atomic E-state index is -0.0979. The lowest BCUT2D eigenvalue weighted by Gasteiger charge is -2.08. The van der Waals surface area contributed by atoms with Crippen molar-refractivity contribution in [1.29, 1.82) is 0 Å². The number of nitrogens with one attached hydrogen (secondary N) is 1. The van der Waals surface area contributed by atoms with Gasteiger partial charge in [-0.05, 0) is 73.6 Å². The Morgan fingerprint density at radius 3 is 1.85 bits per heavy atom. The molecule has 0 aliphatic rings. The first-order chi connectivity index (χ1) is 19.7. The molecule has 7 aromatic rings. The number of nitrogens with zero attached hydrogens (tertiary/aromatic N) is 1. The van der Waals surface area contributed by atoms with Gasteiger partial charge in [-0.1, -0.05) is 103 Å². The molecular formula is C36H28N2O2. The molecule has 0 spiro atoms. The van der Waals surface area contributed by atoms with E-state index < -0.39 is 0 Å². The smallest absolute Gasteiger partial charge is 0.326 e. The van der Waals surface area contributed by atoms with E-state index in [1.165, 1.54) is 27.1 Å². The third kappa shape index (κ3) is 4.81. The van der Waals surface area contributed by atoms with E-state index >= 15 is 0 Å². The monoisotopic (exact) mass is 520 g/mol. The van der Waals surface area contributed by atoms with E-state index in [1.807, 2.05) is 18.2 Å². The minimum absolute atomic E-state index is 0.0979. The van der Waals surface area contributed by atoms with Crippen LogP contribution in [0.25, 0.3) is 43.7 Å². The first-order valence-electron chi connectivity index (χ1n) is 13.5. The van der Waals surface area contributed by atoms with Gasteiger partial charge in [-0.15, -0.1) is 0 Å². The van der Waals surface area contributed by atoms with Crippen molar-refractivity contribution in [3.63, 3.8) is 0 Å². The molecular weight excluding hydrogens is 492 g/mol. The van der Waals surface area contributed by atoms with Crippen molar-refractivity contribution in [2.24, 2.45) is 0 Å². The first kappa shape index (κ1) is 24.1. The first-order valence-corrected chi connectivity index (χ1v) is 13.5. The van der Waals surface area contributed by atoms with Crippen LogP contribution in [0.5, 0.6) is 0 Å². The van der Waals surface area contributed by atoms with Gasteiger partial charge in [0.2, 0.25) is 0 Å². The van der Waals surface area contributed by atoms with E-state index in [0.717, 1.165) is 33.3 Å². The molecule has 0 amide bonds. The van der Waals surface area contributed by atoms with Crippen molar-refractivity contribution in [2.45, 2.75) is 19.8 Å². The third-order valence-electron chi connectivity index (χ3n) is 7.57. The topological polar surface area (TPSA) is 47.0 Å². The highest BCUT2D eigenvalue weighted by molar-refractivity contribution is 5.84. The molecule has 0 fully saturated rings. The molecule has 4 heteroatoms. The van der Waals surface area contributed by atoms with E-state index in [4.69, 9.17) is 4.74 Å². The number of benzene rings is 6. The van der Waals surface area contributed by atoms with Gasteiger partial charge in [-0.3, -0.25) is 4.57 Å². The molecule has 0 unspecified atom stereocenters. The van der Waals surface area contributed by atoms with Crippen molar-refractivity contribution >= 4 is 32.6 Å². The van der Waals surface area contributed by atoms with Gasteiger partial charge < -0.3 is 9.72 Å². The summed E-state index contributed by atoms with van der Waals surface area (Å²) < 4.78 is 7.81. The number of aromatic amines is 1. The van der Waals surface area contributed by atoms with Crippen LogP contribution in [0.1, 0.15) is 16.7 Å². The van der Waals surface area contributed by atoms with E-state index in [-0.39, 0.29) is 5.69 Å². The lowest BCUT2D eigenvalue weighted by Crippen LogP contribution is -2.17. The maximum Gasteiger partial charge on any atom is 0.326 e. The second-order valence-corrected chi connectivity index (χ2v) is 10.3. The number of hydrogen-bond donors (Lipinski definition) is 1. The standard InChI is InChI=1S/C36H28N2O2/c39-36-37-34-21-33(17-18-35(34)38(36)22-26-11-15-28-5-1-3-7-31(28)19-26)30-13-9-25(10-14-30)23-40-24-27-12-16-29-6-2-4-8-32(29)20-27/h1-21H,22-24H2,(H,37,39). The Balaban J connectivity index is 1.05. The Morgan fingerprint density at radius 2 is 1.12 bits per heavy atom. The summed E-state index contributed by atoms with van der Waals surface area (Å²) in [7, 11) is 0. The zero-order valence-corrected chi connectivity index (χ0v) is 22.0. The number of aromatic nitrogens is 2. The predicted octanol–water partition coefficient (Wildman–Crippen LogP) is 8.07. The average Bonchev–Trinajstić information content (AvgIpc) is 3.31. The summed E-state index contributed by atoms with van der Waals surface area (Å²) in [6.07, 6.45) is 0. The summed E-state index contributed by atoms with van der Waals surface area (Å²) >= 11 is 0. The molecule has 1 aromatic heterocycles. The second kappa shape index (κ2) is 10.3. The summed E-state index contributed by atoms with van der Waals surface area (Å²) in [5, 5.41) is 4.85. The number of imidazole rings is 1. The number of ether oxygens (including phenoxy) is 1. The molecule has 194 valence electrons. The fraction of sp³-hybridized carbons (Fsp3) is 0.0833. The van der Waals surface area contributed by atoms with Gasteiger partial charge in [0.15, 0.2) is 0 Å². The lowest BCUT2D eigenvalue weighted by atomic mass is 10.0. The average molecular weight is 521 g/mol. The summed E-state index contributed by atoms with van der Waals surface area (Å²) in [6, 6.07) is 44.1. The number of rotatable bonds is 7. The van der Waals surface area contributed by atoms with Crippen LogP contribution in [-0.2, 0) is 24.5 Å². The zero-order valence-electron chi connectivity index (χ0n) is 22.0. The lowest BCUT2D eigenvalue weighted by molar-refractivity contribution is 0.107. The van der Waals surface area contributed by atoms with Crippen LogP contribution in [0.15, 0.2) is 132 Å². The van der Waals surface area contributed by atoms with Crippen molar-refractivity contribution < 1.29 is 4.74 Å². The van der Waals surface area contributed by atoms with Gasteiger partial charge in [-0.2, -0.15) is 0 Å². The minimum Gasteiger partial charge on any atom is -0.372 e. The summed E-state index contributed by atoms with van der Waals surface area (Å²) in [6.45, 7) is 1.65. The van der Waals surface area contributed by atoms with E-state index in [1.54, 1.807) is 4.57 Å². The quantitative estimate of drug-likeness (QED) is 0.231. The van der Waals surface area contributed by atoms with Crippen LogP contribution in [-0.4, -0.2) is 9.55 Å². The fourth-order valence-corrected chi connectivity index (χ4v) is 5.43. The van der Waals surface area contributed by atoms with Crippen LogP contribution in [0.2, 0.25) is 0 Å². The molecule has 0 atom stereocenters. The van der Waals surface area contributed by atoms with E-state index in [0.29, 0.717) is 19.8 Å². The van der Waals surface area contributed by atoms with E-state index in [9.17, 15) is 4.79 Å². The van der Waals surface area contributed by atoms with Gasteiger partial charge in [0.25, 0.3) is 0 Å². The van der Waals surface area contributed by atoms with Crippen molar-refractivity contribution in [3.05, 3.63) is 155 Å². The third-order valence-corrected chi connectivity index (χ3v) is 7.57. The largest absolute Gasteiger partial charge is 0.372 e. The molecule has 1 heterocycles. The van der Waals surface area contributed by atoms with Crippen molar-refractivity contribution in [1.82, 2.24) is 9.55 Å². The molecule has 1 N–H and O–H groups in total. The Kier molecular flexibility index (Phi) is 6.23. The highest BCUT2D eigenvalue weighted by Crippen LogP contribution is 2.25. The second-order valence-electron chi connectivity index (χ2n) is 10.3. The van der Waals surface area contributed by atoms with Crippen molar-refractivity contribution in [3.8, 4) is 11.1 Å². The number of H-pyrrole nitrogens is 1. The fourth-order valence-electron chi connectivity index (χ4n) is 5.43. The van der Waals surface area contributed by atoms with Crippen LogP contribution in [0, 0.1) is 0 Å². The normalized spacial score (nSPS) is 11.5. The Bertz CT molecular complexity index is 2030. The summed E-state index contributed by atoms with van der Waals surface area (Å²) in [4.78, 5) is 15.9. The van der Waals surface area contributed by atoms with Gasteiger partial charge in [-0.25, -0.2) is 4.79 Å². The molecule has 7 rings (SSSR count). The summed E-state index contributed by atoms with van der Waals surface area (Å²) in [5.41, 5.74) is 7.21. The van der Waals surface area contributed by atoms with Gasteiger partial charge >= 0.3 is 5.69 Å². The highest BCUT2D eigenvalue weighted by Gasteiger charge is 2.10. The Morgan fingerprint density at radius 1 is 0.550 bits per heavy atom. The molecule has 0 aliphatic carbocycles. The van der Waals surface area contributed by atoms with Crippen LogP contribution in [0.4, 0.5) is 0 Å². The van der Waals surface area contributed by atoms with Gasteiger partial charge in [0, 0.05) is 0 Å². The van der Waals surface area contributed by atoms with E-state index in [2.05, 4.69) is 114 Å². The molecule has 0 aliphatic heterocycles. The molecule has 4 nitrogen and oxygen atoms in total. The van der Waals surface area contributed by atoms with Crippen molar-refractivity contribution in [2.75, 3.05) is 0 Å². The summed E-state index contributed by atoms with van der Waals surface area (Å²) in [5.74, 6) is 0. The molecule has 0 saturated carbocycles.